The quantitative estimate of drug-likeness (QED) is 0.394. The number of benzene rings is 2. The van der Waals surface area contributed by atoms with Crippen molar-refractivity contribution in [2.24, 2.45) is 0 Å². The van der Waals surface area contributed by atoms with Gasteiger partial charge in [-0.05, 0) is 12.1 Å². The van der Waals surface area contributed by atoms with Gasteiger partial charge in [0.1, 0.15) is 49.1 Å². The van der Waals surface area contributed by atoms with Crippen molar-refractivity contribution in [2.75, 3.05) is 26.4 Å². The molecular formula is C24H26O5. The Morgan fingerprint density at radius 3 is 1.59 bits per heavy atom. The molecule has 4 unspecified atom stereocenters. The fourth-order valence-corrected chi connectivity index (χ4v) is 3.33. The predicted molar refractivity (Wildman–Crippen MR) is 110 cm³/mol. The van der Waals surface area contributed by atoms with Crippen LogP contribution < -0.4 is 9.47 Å². The van der Waals surface area contributed by atoms with Gasteiger partial charge in [0.05, 0.1) is 13.2 Å². The monoisotopic (exact) mass is 394 g/mol. The summed E-state index contributed by atoms with van der Waals surface area (Å²) < 4.78 is 29.6. The van der Waals surface area contributed by atoms with E-state index in [1.165, 1.54) is 0 Å². The first-order chi connectivity index (χ1) is 14.3. The van der Waals surface area contributed by atoms with Crippen LogP contribution in [0.3, 0.4) is 0 Å². The molecule has 2 aliphatic rings. The number of hydrogen-bond acceptors (Lipinski definition) is 5. The molecule has 0 amide bonds. The van der Waals surface area contributed by atoms with E-state index in [2.05, 4.69) is 13.2 Å². The lowest BCUT2D eigenvalue weighted by molar-refractivity contribution is -0.0438. The average molecular weight is 394 g/mol. The Balaban J connectivity index is 1.62. The molecule has 0 aromatic heterocycles. The number of para-hydroxylation sites is 2. The fourth-order valence-electron chi connectivity index (χ4n) is 3.33. The van der Waals surface area contributed by atoms with Crippen molar-refractivity contribution >= 4 is 0 Å². The number of ether oxygens (including phenoxy) is 5. The Hall–Kier alpha value is -2.60. The molecule has 4 rings (SSSR count). The van der Waals surface area contributed by atoms with Crippen LogP contribution in [0.4, 0.5) is 0 Å². The highest BCUT2D eigenvalue weighted by Crippen LogP contribution is 2.44. The van der Waals surface area contributed by atoms with Gasteiger partial charge in [-0.2, -0.15) is 0 Å². The highest BCUT2D eigenvalue weighted by molar-refractivity contribution is 5.39. The maximum absolute atomic E-state index is 6.65. The van der Waals surface area contributed by atoms with Gasteiger partial charge in [-0.25, -0.2) is 0 Å². The van der Waals surface area contributed by atoms with Gasteiger partial charge in [-0.1, -0.05) is 61.7 Å². The number of hydrogen-bond donors (Lipinski definition) is 0. The molecule has 2 fully saturated rings. The summed E-state index contributed by atoms with van der Waals surface area (Å²) in [4.78, 5) is 0. The van der Waals surface area contributed by atoms with E-state index in [1.807, 2.05) is 48.5 Å². The van der Waals surface area contributed by atoms with Gasteiger partial charge in [0, 0.05) is 11.1 Å². The third-order valence-electron chi connectivity index (χ3n) is 4.85. The van der Waals surface area contributed by atoms with E-state index < -0.39 is 0 Å². The minimum atomic E-state index is -0.266. The smallest absolute Gasteiger partial charge is 0.125 e. The van der Waals surface area contributed by atoms with Gasteiger partial charge in [-0.15, -0.1) is 0 Å². The van der Waals surface area contributed by atoms with Gasteiger partial charge in [0.2, 0.25) is 0 Å². The summed E-state index contributed by atoms with van der Waals surface area (Å²) in [7, 11) is 0. The SMILES string of the molecule is C=CCOc1ccccc1C(OC(c1ccccc1OCC=C)C1CO1)C1CO1. The van der Waals surface area contributed by atoms with Crippen LogP contribution in [0.5, 0.6) is 11.5 Å². The van der Waals surface area contributed by atoms with E-state index in [9.17, 15) is 0 Å². The molecule has 0 radical (unpaired) electrons. The molecule has 2 heterocycles. The molecule has 2 aliphatic heterocycles. The van der Waals surface area contributed by atoms with E-state index in [0.717, 1.165) is 22.6 Å². The van der Waals surface area contributed by atoms with Gasteiger partial charge in [0.15, 0.2) is 0 Å². The van der Waals surface area contributed by atoms with Gasteiger partial charge >= 0.3 is 0 Å². The molecule has 0 bridgehead atoms. The van der Waals surface area contributed by atoms with Crippen LogP contribution >= 0.6 is 0 Å². The van der Waals surface area contributed by atoms with Crippen LogP contribution in [-0.4, -0.2) is 38.6 Å². The second-order valence-electron chi connectivity index (χ2n) is 7.00. The molecule has 2 aromatic carbocycles. The average Bonchev–Trinajstić information content (AvgIpc) is 3.66. The molecule has 152 valence electrons. The van der Waals surface area contributed by atoms with E-state index in [4.69, 9.17) is 23.7 Å². The molecule has 0 aliphatic carbocycles. The lowest BCUT2D eigenvalue weighted by atomic mass is 10.0. The van der Waals surface area contributed by atoms with Gasteiger partial charge < -0.3 is 23.7 Å². The molecular weight excluding hydrogens is 368 g/mol. The van der Waals surface area contributed by atoms with Crippen LogP contribution in [0.15, 0.2) is 73.8 Å². The standard InChI is InChI=1S/C24H26O5/c1-3-13-25-19-11-7-5-9-17(19)23(21-15-27-21)29-24(22-16-28-22)18-10-6-8-12-20(18)26-14-4-2/h3-12,21-24H,1-2,13-16H2. The lowest BCUT2D eigenvalue weighted by Gasteiger charge is -2.26. The largest absolute Gasteiger partial charge is 0.489 e. The van der Waals surface area contributed by atoms with Crippen LogP contribution in [0.2, 0.25) is 0 Å². The molecule has 2 aromatic rings. The van der Waals surface area contributed by atoms with Gasteiger partial charge in [0.25, 0.3) is 0 Å². The highest BCUT2D eigenvalue weighted by Gasteiger charge is 2.43. The van der Waals surface area contributed by atoms with Crippen LogP contribution in [0.1, 0.15) is 23.3 Å². The molecule has 2 saturated heterocycles. The van der Waals surface area contributed by atoms with Crippen molar-refractivity contribution in [1.29, 1.82) is 0 Å². The zero-order chi connectivity index (χ0) is 20.1. The van der Waals surface area contributed by atoms with E-state index in [1.54, 1.807) is 12.2 Å². The topological polar surface area (TPSA) is 52.8 Å². The first kappa shape index (κ1) is 19.7. The normalized spacial score (nSPS) is 21.7. The van der Waals surface area contributed by atoms with E-state index in [-0.39, 0.29) is 24.4 Å². The minimum absolute atomic E-state index is 0.00835. The number of rotatable bonds is 12. The van der Waals surface area contributed by atoms with Gasteiger partial charge in [-0.3, -0.25) is 0 Å². The van der Waals surface area contributed by atoms with E-state index >= 15 is 0 Å². The lowest BCUT2D eigenvalue weighted by Crippen LogP contribution is -2.20. The summed E-state index contributed by atoms with van der Waals surface area (Å²) in [6.07, 6.45) is 2.91. The van der Waals surface area contributed by atoms with Crippen molar-refractivity contribution < 1.29 is 23.7 Å². The summed E-state index contributed by atoms with van der Waals surface area (Å²) in [5.74, 6) is 1.55. The van der Waals surface area contributed by atoms with Crippen LogP contribution in [-0.2, 0) is 14.2 Å². The fraction of sp³-hybridized carbons (Fsp3) is 0.333. The Bertz CT molecular complexity index is 771. The first-order valence-electron chi connectivity index (χ1n) is 9.85. The Kier molecular flexibility index (Phi) is 6.30. The van der Waals surface area contributed by atoms with Crippen molar-refractivity contribution in [3.63, 3.8) is 0 Å². The zero-order valence-electron chi connectivity index (χ0n) is 16.4. The maximum atomic E-state index is 6.65. The minimum Gasteiger partial charge on any atom is -0.489 e. The van der Waals surface area contributed by atoms with Crippen molar-refractivity contribution in [3.05, 3.63) is 85.0 Å². The summed E-state index contributed by atoms with van der Waals surface area (Å²) in [6.45, 7) is 9.65. The summed E-state index contributed by atoms with van der Waals surface area (Å²) >= 11 is 0. The first-order valence-corrected chi connectivity index (χ1v) is 9.85. The molecule has 0 N–H and O–H groups in total. The molecule has 5 nitrogen and oxygen atoms in total. The summed E-state index contributed by atoms with van der Waals surface area (Å²) in [6, 6.07) is 15.8. The van der Waals surface area contributed by atoms with E-state index in [0.29, 0.717) is 26.4 Å². The second kappa shape index (κ2) is 9.27. The number of epoxide rings is 2. The molecule has 0 saturated carbocycles. The molecule has 4 atom stereocenters. The zero-order valence-corrected chi connectivity index (χ0v) is 16.4. The predicted octanol–water partition coefficient (Wildman–Crippen LogP) is 4.41. The van der Waals surface area contributed by atoms with Crippen LogP contribution in [0, 0.1) is 0 Å². The Labute approximate surface area is 171 Å². The molecule has 29 heavy (non-hydrogen) atoms. The van der Waals surface area contributed by atoms with Crippen molar-refractivity contribution in [1.82, 2.24) is 0 Å². The summed E-state index contributed by atoms with van der Waals surface area (Å²) in [5.41, 5.74) is 1.93. The van der Waals surface area contributed by atoms with Crippen molar-refractivity contribution in [3.8, 4) is 11.5 Å². The molecule has 0 spiro atoms. The summed E-state index contributed by atoms with van der Waals surface area (Å²) in [5, 5.41) is 0. The van der Waals surface area contributed by atoms with Crippen molar-refractivity contribution in [2.45, 2.75) is 24.4 Å². The second-order valence-corrected chi connectivity index (χ2v) is 7.00. The molecule has 5 heteroatoms. The highest BCUT2D eigenvalue weighted by atomic mass is 16.6. The third kappa shape index (κ3) is 4.88. The maximum Gasteiger partial charge on any atom is 0.125 e. The van der Waals surface area contributed by atoms with Crippen LogP contribution in [0.25, 0.3) is 0 Å². The third-order valence-corrected chi connectivity index (χ3v) is 4.85. The Morgan fingerprint density at radius 2 is 1.21 bits per heavy atom. The Morgan fingerprint density at radius 1 is 0.793 bits per heavy atom.